The summed E-state index contributed by atoms with van der Waals surface area (Å²) in [4.78, 5) is 27.4. The molecule has 24 heavy (non-hydrogen) atoms. The Morgan fingerprint density at radius 1 is 1.25 bits per heavy atom. The van der Waals surface area contributed by atoms with E-state index in [-0.39, 0.29) is 30.3 Å². The molecule has 0 saturated carbocycles. The lowest BCUT2D eigenvalue weighted by Crippen LogP contribution is -2.36. The molecule has 2 fully saturated rings. The van der Waals surface area contributed by atoms with Crippen molar-refractivity contribution in [1.29, 1.82) is 0 Å². The van der Waals surface area contributed by atoms with Crippen molar-refractivity contribution < 1.29 is 9.59 Å². The van der Waals surface area contributed by atoms with Crippen molar-refractivity contribution in [3.05, 3.63) is 29.8 Å². The average Bonchev–Trinajstić information content (AvgIpc) is 3.26. The fourth-order valence-electron chi connectivity index (χ4n) is 3.02. The molecule has 1 aromatic rings. The van der Waals surface area contributed by atoms with Gasteiger partial charge in [-0.1, -0.05) is 12.1 Å². The van der Waals surface area contributed by atoms with Crippen LogP contribution in [0.25, 0.3) is 0 Å². The Bertz CT molecular complexity index is 573. The number of benzene rings is 1. The number of likely N-dealkylation sites (tertiary alicyclic amines) is 1. The molecule has 7 heteroatoms. The maximum absolute atomic E-state index is 12.5. The van der Waals surface area contributed by atoms with Gasteiger partial charge < -0.3 is 15.5 Å². The van der Waals surface area contributed by atoms with Crippen LogP contribution in [0.5, 0.6) is 0 Å². The summed E-state index contributed by atoms with van der Waals surface area (Å²) in [5.41, 5.74) is 0.665. The fourth-order valence-corrected chi connectivity index (χ4v) is 3.97. The third kappa shape index (κ3) is 4.88. The van der Waals surface area contributed by atoms with E-state index in [1.54, 1.807) is 0 Å². The minimum atomic E-state index is -0.0459. The van der Waals surface area contributed by atoms with E-state index in [9.17, 15) is 9.59 Å². The van der Waals surface area contributed by atoms with E-state index in [0.717, 1.165) is 50.3 Å². The Balaban J connectivity index is 0.00000208. The van der Waals surface area contributed by atoms with Gasteiger partial charge in [-0.15, -0.1) is 24.2 Å². The molecule has 2 aliphatic heterocycles. The number of halogens is 1. The van der Waals surface area contributed by atoms with Crippen LogP contribution in [0.3, 0.4) is 0 Å². The molecule has 0 radical (unpaired) electrons. The zero-order valence-electron chi connectivity index (χ0n) is 13.6. The number of nitrogens with zero attached hydrogens (tertiary/aromatic N) is 1. The van der Waals surface area contributed by atoms with Gasteiger partial charge in [-0.05, 0) is 37.9 Å². The molecule has 1 atom stereocenters. The standard InChI is InChI=1S/C17H23N3O2S.ClH/c21-16(20-9-3-4-10-20)12-23-15-6-2-1-5-14(15)17(22)19-13-7-8-18-11-13;/h1-2,5-6,13,18H,3-4,7-12H2,(H,19,22);1H. The van der Waals surface area contributed by atoms with E-state index in [4.69, 9.17) is 0 Å². The molecule has 0 aromatic heterocycles. The molecule has 0 bridgehead atoms. The number of rotatable bonds is 5. The van der Waals surface area contributed by atoms with Crippen LogP contribution >= 0.6 is 24.2 Å². The summed E-state index contributed by atoms with van der Waals surface area (Å²) in [6.07, 6.45) is 3.17. The van der Waals surface area contributed by atoms with Gasteiger partial charge in [-0.3, -0.25) is 9.59 Å². The molecule has 1 aromatic carbocycles. The molecule has 2 aliphatic rings. The molecular formula is C17H24ClN3O2S. The SMILES string of the molecule is Cl.O=C(NC1CCNC1)c1ccccc1SCC(=O)N1CCCC1. The van der Waals surface area contributed by atoms with Gasteiger partial charge in [-0.2, -0.15) is 0 Å². The number of hydrogen-bond acceptors (Lipinski definition) is 4. The highest BCUT2D eigenvalue weighted by molar-refractivity contribution is 8.00. The molecule has 3 rings (SSSR count). The number of amides is 2. The Morgan fingerprint density at radius 2 is 2.00 bits per heavy atom. The second-order valence-corrected chi connectivity index (χ2v) is 7.05. The van der Waals surface area contributed by atoms with Gasteiger partial charge in [-0.25, -0.2) is 0 Å². The lowest BCUT2D eigenvalue weighted by molar-refractivity contribution is -0.127. The summed E-state index contributed by atoms with van der Waals surface area (Å²) in [6, 6.07) is 7.74. The smallest absolute Gasteiger partial charge is 0.252 e. The van der Waals surface area contributed by atoms with E-state index < -0.39 is 0 Å². The topological polar surface area (TPSA) is 61.4 Å². The van der Waals surface area contributed by atoms with Gasteiger partial charge in [0.15, 0.2) is 0 Å². The first-order chi connectivity index (χ1) is 11.2. The van der Waals surface area contributed by atoms with Gasteiger partial charge in [0.2, 0.25) is 5.91 Å². The largest absolute Gasteiger partial charge is 0.348 e. The summed E-state index contributed by atoms with van der Waals surface area (Å²) in [6.45, 7) is 3.52. The molecule has 0 spiro atoms. The Kier molecular flexibility index (Phi) is 7.40. The van der Waals surface area contributed by atoms with E-state index in [1.807, 2.05) is 29.2 Å². The second-order valence-electron chi connectivity index (χ2n) is 6.04. The number of carbonyl (C=O) groups excluding carboxylic acids is 2. The zero-order valence-corrected chi connectivity index (χ0v) is 15.3. The average molecular weight is 370 g/mol. The quantitative estimate of drug-likeness (QED) is 0.778. The first kappa shape index (κ1) is 19.1. The Morgan fingerprint density at radius 3 is 2.71 bits per heavy atom. The summed E-state index contributed by atoms with van der Waals surface area (Å²) in [5, 5.41) is 6.31. The molecule has 2 N–H and O–H groups in total. The third-order valence-corrected chi connectivity index (χ3v) is 5.40. The predicted octanol–water partition coefficient (Wildman–Crippen LogP) is 1.91. The zero-order chi connectivity index (χ0) is 16.1. The molecule has 5 nitrogen and oxygen atoms in total. The van der Waals surface area contributed by atoms with Crippen LogP contribution in [-0.2, 0) is 4.79 Å². The maximum atomic E-state index is 12.5. The monoisotopic (exact) mass is 369 g/mol. The first-order valence-corrected chi connectivity index (χ1v) is 9.24. The van der Waals surface area contributed by atoms with E-state index in [0.29, 0.717) is 11.3 Å². The van der Waals surface area contributed by atoms with Crippen LogP contribution in [0.4, 0.5) is 0 Å². The highest BCUT2D eigenvalue weighted by atomic mass is 35.5. The summed E-state index contributed by atoms with van der Waals surface area (Å²) in [7, 11) is 0. The van der Waals surface area contributed by atoms with Crippen LogP contribution in [0.1, 0.15) is 29.6 Å². The van der Waals surface area contributed by atoms with Crippen molar-refractivity contribution in [3.63, 3.8) is 0 Å². The first-order valence-electron chi connectivity index (χ1n) is 8.25. The predicted molar refractivity (Wildman–Crippen MR) is 99.0 cm³/mol. The molecule has 2 saturated heterocycles. The van der Waals surface area contributed by atoms with Gasteiger partial charge in [0.1, 0.15) is 0 Å². The minimum absolute atomic E-state index is 0. The van der Waals surface area contributed by atoms with E-state index in [1.165, 1.54) is 11.8 Å². The molecule has 2 amide bonds. The van der Waals surface area contributed by atoms with Crippen molar-refractivity contribution in [2.45, 2.75) is 30.2 Å². The highest BCUT2D eigenvalue weighted by Gasteiger charge is 2.21. The van der Waals surface area contributed by atoms with Crippen LogP contribution in [0.2, 0.25) is 0 Å². The summed E-state index contributed by atoms with van der Waals surface area (Å²) < 4.78 is 0. The number of carbonyl (C=O) groups is 2. The molecule has 0 aliphatic carbocycles. The Hall–Kier alpha value is -1.24. The van der Waals surface area contributed by atoms with Gasteiger partial charge in [0.25, 0.3) is 5.91 Å². The van der Waals surface area contributed by atoms with Crippen molar-refractivity contribution in [1.82, 2.24) is 15.5 Å². The highest BCUT2D eigenvalue weighted by Crippen LogP contribution is 2.24. The van der Waals surface area contributed by atoms with Crippen molar-refractivity contribution in [2.24, 2.45) is 0 Å². The van der Waals surface area contributed by atoms with Gasteiger partial charge in [0, 0.05) is 30.6 Å². The number of nitrogens with one attached hydrogen (secondary N) is 2. The summed E-state index contributed by atoms with van der Waals surface area (Å²) in [5.74, 6) is 0.521. The second kappa shape index (κ2) is 9.30. The van der Waals surface area contributed by atoms with Gasteiger partial charge in [0.05, 0.1) is 11.3 Å². The van der Waals surface area contributed by atoms with Crippen molar-refractivity contribution in [2.75, 3.05) is 31.9 Å². The van der Waals surface area contributed by atoms with Crippen molar-refractivity contribution in [3.8, 4) is 0 Å². The van der Waals surface area contributed by atoms with Crippen LogP contribution < -0.4 is 10.6 Å². The third-order valence-electron chi connectivity index (χ3n) is 4.34. The molecular weight excluding hydrogens is 346 g/mol. The van der Waals surface area contributed by atoms with Crippen LogP contribution in [0, 0.1) is 0 Å². The van der Waals surface area contributed by atoms with Crippen LogP contribution in [-0.4, -0.2) is 54.7 Å². The number of hydrogen-bond donors (Lipinski definition) is 2. The molecule has 1 unspecified atom stereocenters. The molecule has 132 valence electrons. The fraction of sp³-hybridized carbons (Fsp3) is 0.529. The minimum Gasteiger partial charge on any atom is -0.348 e. The lowest BCUT2D eigenvalue weighted by atomic mass is 10.2. The normalized spacial score (nSPS) is 19.8. The van der Waals surface area contributed by atoms with Crippen molar-refractivity contribution >= 4 is 36.0 Å². The van der Waals surface area contributed by atoms with E-state index >= 15 is 0 Å². The van der Waals surface area contributed by atoms with Crippen LogP contribution in [0.15, 0.2) is 29.2 Å². The summed E-state index contributed by atoms with van der Waals surface area (Å²) >= 11 is 1.46. The molecule has 2 heterocycles. The van der Waals surface area contributed by atoms with E-state index in [2.05, 4.69) is 10.6 Å². The van der Waals surface area contributed by atoms with Gasteiger partial charge >= 0.3 is 0 Å². The Labute approximate surface area is 153 Å². The number of thioether (sulfide) groups is 1. The lowest BCUT2D eigenvalue weighted by Gasteiger charge is -2.16. The maximum Gasteiger partial charge on any atom is 0.252 e.